The number of piperazine rings is 1. The number of carbonyl (C=O) groups excluding carboxylic acids is 2. The van der Waals surface area contributed by atoms with Crippen molar-refractivity contribution in [1.29, 1.82) is 0 Å². The maximum atomic E-state index is 12.7. The molecule has 6 heteroatoms. The Morgan fingerprint density at radius 2 is 2.10 bits per heavy atom. The minimum Gasteiger partial charge on any atom is -0.342 e. The van der Waals surface area contributed by atoms with Crippen molar-refractivity contribution in [2.24, 2.45) is 13.0 Å². The van der Waals surface area contributed by atoms with Crippen LogP contribution in [0.3, 0.4) is 0 Å². The van der Waals surface area contributed by atoms with E-state index in [1.54, 1.807) is 15.8 Å². The molecule has 114 valence electrons. The molecule has 2 heterocycles. The van der Waals surface area contributed by atoms with Crippen molar-refractivity contribution in [3.05, 3.63) is 18.0 Å². The molecule has 2 fully saturated rings. The molecule has 1 aromatic heterocycles. The Hall–Kier alpha value is -1.85. The standard InChI is InChI=1S/C15H22N4O2/c1-15(2)14(21)17-12(11-4-5-11)13(20)19(15)7-6-10-8-16-18(3)9-10/h8-9,11-12H,4-7H2,1-3H3,(H,17,21). The third-order valence-corrected chi connectivity index (χ3v) is 4.52. The SMILES string of the molecule is Cn1cc(CCN2C(=O)C(C3CC3)NC(=O)C2(C)C)cn1. The first-order chi connectivity index (χ1) is 9.89. The second kappa shape index (κ2) is 4.86. The predicted octanol–water partition coefficient (Wildman–Crippen LogP) is 0.478. The van der Waals surface area contributed by atoms with Gasteiger partial charge >= 0.3 is 0 Å². The summed E-state index contributed by atoms with van der Waals surface area (Å²) in [5.41, 5.74) is 0.292. The van der Waals surface area contributed by atoms with Gasteiger partial charge in [-0.25, -0.2) is 0 Å². The van der Waals surface area contributed by atoms with Crippen molar-refractivity contribution < 1.29 is 9.59 Å². The average molecular weight is 290 g/mol. The summed E-state index contributed by atoms with van der Waals surface area (Å²) in [4.78, 5) is 26.7. The summed E-state index contributed by atoms with van der Waals surface area (Å²) in [7, 11) is 1.87. The predicted molar refractivity (Wildman–Crippen MR) is 77.4 cm³/mol. The van der Waals surface area contributed by atoms with Gasteiger partial charge < -0.3 is 10.2 Å². The van der Waals surface area contributed by atoms with Crippen molar-refractivity contribution >= 4 is 11.8 Å². The molecule has 2 aliphatic rings. The fraction of sp³-hybridized carbons (Fsp3) is 0.667. The van der Waals surface area contributed by atoms with Gasteiger partial charge in [-0.1, -0.05) is 0 Å². The molecule has 0 spiro atoms. The van der Waals surface area contributed by atoms with Crippen LogP contribution in [0.15, 0.2) is 12.4 Å². The van der Waals surface area contributed by atoms with Crippen molar-refractivity contribution in [3.8, 4) is 0 Å². The minimum atomic E-state index is -0.787. The molecule has 1 atom stereocenters. The first-order valence-corrected chi connectivity index (χ1v) is 7.49. The van der Waals surface area contributed by atoms with Crippen LogP contribution in [0.2, 0.25) is 0 Å². The lowest BCUT2D eigenvalue weighted by Gasteiger charge is -2.44. The molecule has 1 saturated carbocycles. The van der Waals surface area contributed by atoms with Crippen LogP contribution in [-0.2, 0) is 23.1 Å². The molecular weight excluding hydrogens is 268 g/mol. The van der Waals surface area contributed by atoms with E-state index in [1.807, 2.05) is 27.1 Å². The molecule has 1 unspecified atom stereocenters. The molecule has 1 aliphatic carbocycles. The van der Waals surface area contributed by atoms with Crippen LogP contribution in [0.5, 0.6) is 0 Å². The van der Waals surface area contributed by atoms with E-state index in [1.165, 1.54) is 0 Å². The number of hydrogen-bond donors (Lipinski definition) is 1. The number of nitrogens with zero attached hydrogens (tertiary/aromatic N) is 3. The zero-order valence-corrected chi connectivity index (χ0v) is 12.8. The Morgan fingerprint density at radius 1 is 1.38 bits per heavy atom. The quantitative estimate of drug-likeness (QED) is 0.877. The van der Waals surface area contributed by atoms with Gasteiger partial charge in [0.05, 0.1) is 6.20 Å². The molecule has 0 bridgehead atoms. The second-order valence-electron chi connectivity index (χ2n) is 6.61. The molecular formula is C15H22N4O2. The lowest BCUT2D eigenvalue weighted by atomic mass is 9.93. The molecule has 3 rings (SSSR count). The number of aryl methyl sites for hydroxylation is 1. The Bertz CT molecular complexity index is 574. The largest absolute Gasteiger partial charge is 0.342 e. The fourth-order valence-electron chi connectivity index (χ4n) is 2.93. The summed E-state index contributed by atoms with van der Waals surface area (Å²) in [5.74, 6) is 0.342. The van der Waals surface area contributed by atoms with E-state index in [-0.39, 0.29) is 17.9 Å². The van der Waals surface area contributed by atoms with E-state index in [2.05, 4.69) is 10.4 Å². The topological polar surface area (TPSA) is 67.2 Å². The van der Waals surface area contributed by atoms with Gasteiger partial charge in [-0.05, 0) is 44.6 Å². The first-order valence-electron chi connectivity index (χ1n) is 7.49. The maximum Gasteiger partial charge on any atom is 0.246 e. The maximum absolute atomic E-state index is 12.7. The Labute approximate surface area is 124 Å². The second-order valence-corrected chi connectivity index (χ2v) is 6.61. The van der Waals surface area contributed by atoms with E-state index in [4.69, 9.17) is 0 Å². The Balaban J connectivity index is 1.75. The van der Waals surface area contributed by atoms with Crippen LogP contribution in [0.1, 0.15) is 32.3 Å². The molecule has 1 aliphatic heterocycles. The van der Waals surface area contributed by atoms with Gasteiger partial charge in [0, 0.05) is 19.8 Å². The molecule has 0 radical (unpaired) electrons. The highest BCUT2D eigenvalue weighted by molar-refractivity contribution is 5.99. The highest BCUT2D eigenvalue weighted by Gasteiger charge is 2.50. The summed E-state index contributed by atoms with van der Waals surface area (Å²) in [5, 5.41) is 7.04. The van der Waals surface area contributed by atoms with E-state index in [9.17, 15) is 9.59 Å². The summed E-state index contributed by atoms with van der Waals surface area (Å²) >= 11 is 0. The summed E-state index contributed by atoms with van der Waals surface area (Å²) in [6.07, 6.45) is 6.54. The fourth-order valence-corrected chi connectivity index (χ4v) is 2.93. The molecule has 1 N–H and O–H groups in total. The number of amides is 2. The first kappa shape index (κ1) is 14.1. The van der Waals surface area contributed by atoms with Gasteiger partial charge in [-0.15, -0.1) is 0 Å². The van der Waals surface area contributed by atoms with Crippen LogP contribution < -0.4 is 5.32 Å². The molecule has 1 saturated heterocycles. The van der Waals surface area contributed by atoms with E-state index in [0.717, 1.165) is 18.4 Å². The monoisotopic (exact) mass is 290 g/mol. The zero-order valence-electron chi connectivity index (χ0n) is 12.8. The molecule has 21 heavy (non-hydrogen) atoms. The van der Waals surface area contributed by atoms with Crippen LogP contribution >= 0.6 is 0 Å². The Kier molecular flexibility index (Phi) is 3.26. The Morgan fingerprint density at radius 3 is 2.67 bits per heavy atom. The van der Waals surface area contributed by atoms with Crippen molar-refractivity contribution in [2.75, 3.05) is 6.54 Å². The van der Waals surface area contributed by atoms with Crippen molar-refractivity contribution in [1.82, 2.24) is 20.0 Å². The summed E-state index contributed by atoms with van der Waals surface area (Å²) in [6.45, 7) is 4.17. The number of carbonyl (C=O) groups is 2. The minimum absolute atomic E-state index is 0.0508. The van der Waals surface area contributed by atoms with Crippen LogP contribution in [-0.4, -0.2) is 44.6 Å². The molecule has 0 aromatic carbocycles. The third-order valence-electron chi connectivity index (χ3n) is 4.52. The van der Waals surface area contributed by atoms with E-state index >= 15 is 0 Å². The highest BCUT2D eigenvalue weighted by Crippen LogP contribution is 2.36. The van der Waals surface area contributed by atoms with Gasteiger partial charge in [0.15, 0.2) is 0 Å². The van der Waals surface area contributed by atoms with Crippen LogP contribution in [0.4, 0.5) is 0 Å². The molecule has 2 amide bonds. The van der Waals surface area contributed by atoms with Gasteiger partial charge in [0.1, 0.15) is 11.6 Å². The lowest BCUT2D eigenvalue weighted by molar-refractivity contribution is -0.155. The highest BCUT2D eigenvalue weighted by atomic mass is 16.2. The number of nitrogens with one attached hydrogen (secondary N) is 1. The van der Waals surface area contributed by atoms with Crippen LogP contribution in [0.25, 0.3) is 0 Å². The van der Waals surface area contributed by atoms with Crippen molar-refractivity contribution in [3.63, 3.8) is 0 Å². The van der Waals surface area contributed by atoms with Crippen molar-refractivity contribution in [2.45, 2.75) is 44.7 Å². The zero-order chi connectivity index (χ0) is 15.2. The van der Waals surface area contributed by atoms with E-state index < -0.39 is 5.54 Å². The summed E-state index contributed by atoms with van der Waals surface area (Å²) in [6, 6.07) is -0.320. The molecule has 6 nitrogen and oxygen atoms in total. The summed E-state index contributed by atoms with van der Waals surface area (Å²) < 4.78 is 1.75. The lowest BCUT2D eigenvalue weighted by Crippen LogP contribution is -2.69. The van der Waals surface area contributed by atoms with Gasteiger partial charge in [0.2, 0.25) is 11.8 Å². The van der Waals surface area contributed by atoms with Gasteiger partial charge in [0.25, 0.3) is 0 Å². The molecule has 1 aromatic rings. The van der Waals surface area contributed by atoms with Gasteiger partial charge in [-0.3, -0.25) is 14.3 Å². The number of aromatic nitrogens is 2. The van der Waals surface area contributed by atoms with Gasteiger partial charge in [-0.2, -0.15) is 5.10 Å². The number of rotatable bonds is 4. The van der Waals surface area contributed by atoms with E-state index in [0.29, 0.717) is 18.9 Å². The van der Waals surface area contributed by atoms with Crippen LogP contribution in [0, 0.1) is 5.92 Å². The number of hydrogen-bond acceptors (Lipinski definition) is 3. The average Bonchev–Trinajstić information content (AvgIpc) is 3.17. The normalized spacial score (nSPS) is 25.1. The smallest absolute Gasteiger partial charge is 0.246 e. The third kappa shape index (κ3) is 2.54.